The van der Waals surface area contributed by atoms with Crippen LogP contribution in [-0.4, -0.2) is 49.3 Å². The summed E-state index contributed by atoms with van der Waals surface area (Å²) in [6.45, 7) is 0. The molecule has 0 aromatic rings. The average molecular weight is 743 g/mol. The van der Waals surface area contributed by atoms with E-state index >= 15 is 0 Å². The van der Waals surface area contributed by atoms with Gasteiger partial charge in [0.1, 0.15) is 0 Å². The molecule has 5 heterocycles. The molecule has 0 aromatic carbocycles. The zero-order valence-corrected chi connectivity index (χ0v) is 28.3. The van der Waals surface area contributed by atoms with Crippen LogP contribution in [0.15, 0.2) is 0 Å². The van der Waals surface area contributed by atoms with Crippen LogP contribution in [0.2, 0.25) is 0 Å². The van der Waals surface area contributed by atoms with Crippen molar-refractivity contribution in [3.05, 3.63) is 0 Å². The van der Waals surface area contributed by atoms with Gasteiger partial charge >= 0.3 is 33.1 Å². The average Bonchev–Trinajstić information content (AvgIpc) is 3.78. The van der Waals surface area contributed by atoms with Gasteiger partial charge in [-0.05, 0) is 98.7 Å². The fourth-order valence-electron chi connectivity index (χ4n) is 12.0. The molecule has 0 amide bonds. The first-order valence-electron chi connectivity index (χ1n) is 18.0. The van der Waals surface area contributed by atoms with Gasteiger partial charge in [-0.15, -0.1) is 0 Å². The van der Waals surface area contributed by atoms with Gasteiger partial charge in [0, 0.05) is 0 Å². The van der Waals surface area contributed by atoms with Crippen LogP contribution in [0.25, 0.3) is 0 Å². The van der Waals surface area contributed by atoms with Crippen molar-refractivity contribution in [1.82, 2.24) is 42.5 Å². The molecule has 8 unspecified atom stereocenters. The maximum absolute atomic E-state index is 4.26. The van der Waals surface area contributed by atoms with Gasteiger partial charge in [-0.3, -0.25) is 42.5 Å². The fourth-order valence-corrected chi connectivity index (χ4v) is 12.0. The summed E-state index contributed by atoms with van der Waals surface area (Å²) in [5.41, 5.74) is 0. The van der Waals surface area contributed by atoms with Gasteiger partial charge in [0.05, 0.1) is 49.3 Å². The molecule has 8 atom stereocenters. The van der Waals surface area contributed by atoms with Gasteiger partial charge in [-0.1, -0.05) is 51.4 Å². The summed E-state index contributed by atoms with van der Waals surface area (Å²) in [7, 11) is 0. The van der Waals surface area contributed by atoms with E-state index in [1.807, 2.05) is 0 Å². The Labute approximate surface area is 273 Å². The Morgan fingerprint density at radius 3 is 0.500 bits per heavy atom. The van der Waals surface area contributed by atoms with Crippen molar-refractivity contribution >= 4 is 20.3 Å². The van der Waals surface area contributed by atoms with Crippen molar-refractivity contribution in [3.63, 3.8) is 0 Å². The molecule has 0 radical (unpaired) electrons. The van der Waals surface area contributed by atoms with E-state index in [2.05, 4.69) is 55.3 Å². The third-order valence-electron chi connectivity index (χ3n) is 13.8. The zero-order chi connectivity index (χ0) is 28.2. The van der Waals surface area contributed by atoms with Crippen molar-refractivity contribution in [2.24, 2.45) is 47.3 Å². The monoisotopic (exact) mass is 742 g/mol. The van der Waals surface area contributed by atoms with Crippen LogP contribution in [0.1, 0.15) is 103 Å². The first-order chi connectivity index (χ1) is 20.8. The van der Waals surface area contributed by atoms with E-state index in [-0.39, 0.29) is 0 Å². The van der Waals surface area contributed by atoms with Crippen LogP contribution in [0.3, 0.4) is 0 Å². The van der Waals surface area contributed by atoms with Crippen molar-refractivity contribution in [3.8, 4) is 0 Å². The standard InChI is InChI=1S/C32H56N8.Cu.HI/c1-2-10-18-17(9-1)25-33-26(18)38-28-21-13-5-6-14-22(21)30(35-28)40-32-24-16-8-7-15-23(24)31(36-32)39-29-20-12-4-3-11-19(20)27(34-29)37-25;;/h17-40H,1-16H2;;1H/q;+1;/p-1. The van der Waals surface area contributed by atoms with Gasteiger partial charge < -0.3 is 0 Å². The van der Waals surface area contributed by atoms with Gasteiger partial charge in [0.2, 0.25) is 0 Å². The maximum atomic E-state index is 4.26. The molecule has 4 aliphatic carbocycles. The molecule has 8 bridgehead atoms. The van der Waals surface area contributed by atoms with Gasteiger partial charge in [0.25, 0.3) is 0 Å². The van der Waals surface area contributed by atoms with Crippen molar-refractivity contribution in [1.29, 1.82) is 0 Å². The van der Waals surface area contributed by atoms with E-state index < -0.39 is 0 Å². The van der Waals surface area contributed by atoms with Gasteiger partial charge in [-0.25, -0.2) is 0 Å². The number of fused-ring (bicyclic) bond motifs is 20. The molecule has 0 spiro atoms. The minimum absolute atomic E-state index is 0.420. The third kappa shape index (κ3) is 5.50. The fraction of sp³-hybridized carbons (Fsp3) is 1.00. The van der Waals surface area contributed by atoms with Crippen LogP contribution in [0.4, 0.5) is 0 Å². The summed E-state index contributed by atoms with van der Waals surface area (Å²) in [6.07, 6.45) is 25.6. The number of halogens is 1. The molecule has 5 aliphatic heterocycles. The molecule has 5 saturated heterocycles. The molecule has 0 aromatic heterocycles. The molecule has 242 valence electrons. The summed E-state index contributed by atoms with van der Waals surface area (Å²) in [5.74, 6) is 5.97. The van der Waals surface area contributed by atoms with Crippen LogP contribution < -0.4 is 42.5 Å². The molecule has 9 rings (SSSR count). The second kappa shape index (κ2) is 13.2. The summed E-state index contributed by atoms with van der Waals surface area (Å²) < 4.78 is 0. The van der Waals surface area contributed by atoms with Crippen LogP contribution in [0, 0.1) is 47.3 Å². The van der Waals surface area contributed by atoms with Gasteiger partial charge in [0.15, 0.2) is 0 Å². The first kappa shape index (κ1) is 30.3. The topological polar surface area (TPSA) is 96.2 Å². The summed E-state index contributed by atoms with van der Waals surface area (Å²) in [5, 5.41) is 33.8. The predicted molar refractivity (Wildman–Crippen MR) is 171 cm³/mol. The SMILES string of the molecule is C1CCC2C3NC(NC4NC(NC5NC(NC6NC(N3)C3CCCCC63)C3CCCCC53)C3CCCCC43)C2C1.[Cu][I]. The molecule has 4 saturated carbocycles. The zero-order valence-electron chi connectivity index (χ0n) is 25.2. The quantitative estimate of drug-likeness (QED) is 0.141. The molecule has 10 heteroatoms. The Hall–Kier alpha value is 0.929. The molecular formula is C32H56CuIN8. The summed E-state index contributed by atoms with van der Waals surface area (Å²) in [6, 6.07) is 0. The predicted octanol–water partition coefficient (Wildman–Crippen LogP) is 3.49. The summed E-state index contributed by atoms with van der Waals surface area (Å²) >= 11 is 5.87. The molecular weight excluding hydrogens is 687 g/mol. The molecule has 9 aliphatic rings. The first-order valence-corrected chi connectivity index (χ1v) is 21.0. The number of nitrogens with one attached hydrogen (secondary N) is 8. The molecule has 9 fully saturated rings. The minimum atomic E-state index is 0.420. The van der Waals surface area contributed by atoms with Crippen molar-refractivity contribution < 1.29 is 12.8 Å². The Morgan fingerprint density at radius 1 is 0.262 bits per heavy atom. The van der Waals surface area contributed by atoms with E-state index in [1.54, 1.807) is 20.3 Å². The van der Waals surface area contributed by atoms with E-state index in [4.69, 9.17) is 0 Å². The molecule has 42 heavy (non-hydrogen) atoms. The van der Waals surface area contributed by atoms with Crippen molar-refractivity contribution in [2.75, 3.05) is 0 Å². The van der Waals surface area contributed by atoms with Crippen molar-refractivity contribution in [2.45, 2.75) is 152 Å². The van der Waals surface area contributed by atoms with E-state index in [1.165, 1.54) is 103 Å². The van der Waals surface area contributed by atoms with E-state index in [9.17, 15) is 0 Å². The molecule has 8 N–H and O–H groups in total. The Kier molecular flexibility index (Phi) is 9.52. The number of hydrogen-bond donors (Lipinski definition) is 8. The summed E-state index contributed by atoms with van der Waals surface area (Å²) in [4.78, 5) is 0. The number of hydrogen-bond acceptors (Lipinski definition) is 8. The third-order valence-corrected chi connectivity index (χ3v) is 13.8. The Bertz CT molecular complexity index is 723. The normalized spacial score (nSPS) is 55.0. The van der Waals surface area contributed by atoms with Crippen LogP contribution in [0.5, 0.6) is 0 Å². The number of rotatable bonds is 0. The second-order valence-corrected chi connectivity index (χ2v) is 15.6. The Balaban J connectivity index is 0.00000131. The van der Waals surface area contributed by atoms with Crippen LogP contribution >= 0.6 is 20.3 Å². The van der Waals surface area contributed by atoms with E-state index in [0.717, 1.165) is 47.3 Å². The van der Waals surface area contributed by atoms with Crippen LogP contribution in [-0.2, 0) is 12.8 Å². The molecule has 8 nitrogen and oxygen atoms in total. The second-order valence-electron chi connectivity index (χ2n) is 15.6. The van der Waals surface area contributed by atoms with Gasteiger partial charge in [-0.2, -0.15) is 0 Å². The van der Waals surface area contributed by atoms with E-state index in [0.29, 0.717) is 49.3 Å². The Morgan fingerprint density at radius 2 is 0.381 bits per heavy atom.